The third-order valence-electron chi connectivity index (χ3n) is 6.03. The van der Waals surface area contributed by atoms with Crippen LogP contribution in [-0.4, -0.2) is 11.5 Å². The number of pyridine rings is 2. The van der Waals surface area contributed by atoms with Crippen molar-refractivity contribution >= 4 is 38.1 Å². The Morgan fingerprint density at radius 3 is 1.65 bits per heavy atom. The summed E-state index contributed by atoms with van der Waals surface area (Å²) in [5, 5.41) is 2.36. The Bertz CT molecular complexity index is 1650. The molecule has 148 valence electrons. The monoisotopic (exact) mass is 403 g/mol. The van der Waals surface area contributed by atoms with Crippen molar-refractivity contribution in [3.05, 3.63) is 105 Å². The van der Waals surface area contributed by atoms with Gasteiger partial charge in [-0.05, 0) is 59.7 Å². The van der Waals surface area contributed by atoms with Crippen molar-refractivity contribution in [1.82, 2.24) is 4.40 Å². The van der Waals surface area contributed by atoms with Crippen LogP contribution in [0.15, 0.2) is 94.5 Å². The molecule has 4 heteroatoms. The van der Waals surface area contributed by atoms with Crippen LogP contribution in [0.2, 0.25) is 0 Å². The zero-order chi connectivity index (χ0) is 21.1. The molecule has 0 saturated heterocycles. The summed E-state index contributed by atoms with van der Waals surface area (Å²) >= 11 is 0. The molecule has 2 aromatic heterocycles. The first-order valence-electron chi connectivity index (χ1n) is 10.1. The maximum atomic E-state index is 13.5. The number of ether oxygens (including phenoxy) is 1. The Hall–Kier alpha value is -4.18. The molecule has 0 aliphatic rings. The summed E-state index contributed by atoms with van der Waals surface area (Å²) in [6.45, 7) is 0. The molecule has 0 fully saturated rings. The topological polar surface area (TPSA) is 47.8 Å². The molecule has 0 bridgehead atoms. The van der Waals surface area contributed by atoms with Gasteiger partial charge in [0.25, 0.3) is 0 Å². The summed E-state index contributed by atoms with van der Waals surface area (Å²) in [6.07, 6.45) is 0. The van der Waals surface area contributed by atoms with Crippen LogP contribution in [0.3, 0.4) is 0 Å². The molecule has 31 heavy (non-hydrogen) atoms. The molecule has 4 nitrogen and oxygen atoms in total. The number of benzene rings is 4. The highest BCUT2D eigenvalue weighted by Gasteiger charge is 2.18. The number of methoxy groups -OCH3 is 1. The lowest BCUT2D eigenvalue weighted by Gasteiger charge is -2.15. The van der Waals surface area contributed by atoms with Crippen LogP contribution in [0.1, 0.15) is 0 Å². The molecular weight excluding hydrogens is 386 g/mol. The highest BCUT2D eigenvalue weighted by atomic mass is 16.5. The zero-order valence-electron chi connectivity index (χ0n) is 16.8. The summed E-state index contributed by atoms with van der Waals surface area (Å²) < 4.78 is 7.31. The maximum Gasteiger partial charge on any atom is 0.197 e. The second kappa shape index (κ2) is 6.41. The average Bonchev–Trinajstić information content (AvgIpc) is 2.83. The molecule has 0 unspecified atom stereocenters. The van der Waals surface area contributed by atoms with E-state index in [4.69, 9.17) is 4.74 Å². The molecule has 0 radical (unpaired) electrons. The molecule has 6 rings (SSSR count). The van der Waals surface area contributed by atoms with Crippen molar-refractivity contribution in [2.75, 3.05) is 7.11 Å². The third-order valence-corrected chi connectivity index (χ3v) is 6.03. The standard InChI is InChI=1S/C27H17NO3/c1-31-18-12-10-16(11-13-18)17-14-21-25-22(15-17)27(30)20-7-3-5-9-24(20)28(25)23-8-4-2-6-19(23)26(21)29/h2-15H,1H3. The van der Waals surface area contributed by atoms with Crippen LogP contribution in [0.4, 0.5) is 0 Å². The van der Waals surface area contributed by atoms with Gasteiger partial charge in [0.1, 0.15) is 5.75 Å². The fraction of sp³-hybridized carbons (Fsp3) is 0.0370. The van der Waals surface area contributed by atoms with Crippen LogP contribution in [0, 0.1) is 0 Å². The molecule has 0 aliphatic carbocycles. The van der Waals surface area contributed by atoms with Crippen molar-refractivity contribution < 1.29 is 4.74 Å². The van der Waals surface area contributed by atoms with E-state index < -0.39 is 0 Å². The molecule has 6 aromatic rings. The molecular formula is C27H17NO3. The highest BCUT2D eigenvalue weighted by molar-refractivity contribution is 6.09. The van der Waals surface area contributed by atoms with E-state index in [9.17, 15) is 9.59 Å². The van der Waals surface area contributed by atoms with Gasteiger partial charge in [-0.3, -0.25) is 9.59 Å². The van der Waals surface area contributed by atoms with Crippen molar-refractivity contribution in [2.24, 2.45) is 0 Å². The number of aromatic nitrogens is 1. The van der Waals surface area contributed by atoms with Gasteiger partial charge < -0.3 is 9.14 Å². The first-order chi connectivity index (χ1) is 15.2. The summed E-state index contributed by atoms with van der Waals surface area (Å²) in [5.41, 5.74) is 3.90. The van der Waals surface area contributed by atoms with Gasteiger partial charge in [0.05, 0.1) is 23.7 Å². The summed E-state index contributed by atoms with van der Waals surface area (Å²) in [4.78, 5) is 27.0. The van der Waals surface area contributed by atoms with E-state index in [0.29, 0.717) is 27.1 Å². The van der Waals surface area contributed by atoms with Crippen LogP contribution in [-0.2, 0) is 0 Å². The predicted octanol–water partition coefficient (Wildman–Crippen LogP) is 5.23. The molecule has 0 atom stereocenters. The van der Waals surface area contributed by atoms with Crippen LogP contribution in [0.25, 0.3) is 49.2 Å². The minimum atomic E-state index is -0.0642. The second-order valence-electron chi connectivity index (χ2n) is 7.68. The van der Waals surface area contributed by atoms with Gasteiger partial charge >= 0.3 is 0 Å². The third kappa shape index (κ3) is 2.42. The minimum absolute atomic E-state index is 0.0642. The highest BCUT2D eigenvalue weighted by Crippen LogP contribution is 2.31. The molecule has 0 amide bonds. The summed E-state index contributed by atoms with van der Waals surface area (Å²) in [7, 11) is 1.62. The van der Waals surface area contributed by atoms with Gasteiger partial charge in [0.15, 0.2) is 10.9 Å². The Kier molecular flexibility index (Phi) is 3.65. The molecule has 2 heterocycles. The lowest BCUT2D eigenvalue weighted by Crippen LogP contribution is -2.14. The summed E-state index contributed by atoms with van der Waals surface area (Å²) in [6, 6.07) is 26.6. The van der Waals surface area contributed by atoms with E-state index in [1.165, 1.54) is 0 Å². The number of hydrogen-bond acceptors (Lipinski definition) is 3. The molecule has 0 N–H and O–H groups in total. The Morgan fingerprint density at radius 1 is 0.613 bits per heavy atom. The lowest BCUT2D eigenvalue weighted by molar-refractivity contribution is 0.415. The normalized spacial score (nSPS) is 11.6. The predicted molar refractivity (Wildman–Crippen MR) is 126 cm³/mol. The smallest absolute Gasteiger partial charge is 0.197 e. The molecule has 4 aromatic carbocycles. The molecule has 0 aliphatic heterocycles. The average molecular weight is 403 g/mol. The van der Waals surface area contributed by atoms with Crippen molar-refractivity contribution in [3.8, 4) is 16.9 Å². The number of para-hydroxylation sites is 2. The van der Waals surface area contributed by atoms with E-state index >= 15 is 0 Å². The Morgan fingerprint density at radius 2 is 1.13 bits per heavy atom. The SMILES string of the molecule is COc1ccc(-c2cc3c(=O)c4ccccc4n4c5ccccc5c(=O)c(c2)c34)cc1. The van der Waals surface area contributed by atoms with Crippen molar-refractivity contribution in [2.45, 2.75) is 0 Å². The first kappa shape index (κ1) is 17.7. The fourth-order valence-electron chi connectivity index (χ4n) is 4.55. The molecule has 0 saturated carbocycles. The number of rotatable bonds is 2. The van der Waals surface area contributed by atoms with Crippen LogP contribution >= 0.6 is 0 Å². The summed E-state index contributed by atoms with van der Waals surface area (Å²) in [5.74, 6) is 0.754. The molecule has 0 spiro atoms. The Labute approximate surface area is 176 Å². The zero-order valence-corrected chi connectivity index (χ0v) is 16.8. The maximum absolute atomic E-state index is 13.5. The largest absolute Gasteiger partial charge is 0.497 e. The Balaban J connectivity index is 1.88. The van der Waals surface area contributed by atoms with Gasteiger partial charge in [0, 0.05) is 21.5 Å². The van der Waals surface area contributed by atoms with E-state index in [2.05, 4.69) is 4.40 Å². The number of fused-ring (bicyclic) bond motifs is 4. The van der Waals surface area contributed by atoms with E-state index in [1.54, 1.807) is 7.11 Å². The van der Waals surface area contributed by atoms with Crippen LogP contribution in [0.5, 0.6) is 5.75 Å². The van der Waals surface area contributed by atoms with Gasteiger partial charge in [-0.1, -0.05) is 36.4 Å². The second-order valence-corrected chi connectivity index (χ2v) is 7.68. The van der Waals surface area contributed by atoms with E-state index in [1.807, 2.05) is 84.9 Å². The van der Waals surface area contributed by atoms with E-state index in [-0.39, 0.29) is 10.9 Å². The van der Waals surface area contributed by atoms with Gasteiger partial charge in [0.2, 0.25) is 0 Å². The fourth-order valence-corrected chi connectivity index (χ4v) is 4.55. The van der Waals surface area contributed by atoms with Crippen LogP contribution < -0.4 is 15.6 Å². The number of hydrogen-bond donors (Lipinski definition) is 0. The number of nitrogens with zero attached hydrogens (tertiary/aromatic N) is 1. The van der Waals surface area contributed by atoms with E-state index in [0.717, 1.165) is 27.9 Å². The van der Waals surface area contributed by atoms with Crippen molar-refractivity contribution in [1.29, 1.82) is 0 Å². The van der Waals surface area contributed by atoms with Gasteiger partial charge in [-0.25, -0.2) is 0 Å². The first-order valence-corrected chi connectivity index (χ1v) is 10.1. The van der Waals surface area contributed by atoms with Crippen molar-refractivity contribution in [3.63, 3.8) is 0 Å². The lowest BCUT2D eigenvalue weighted by atomic mass is 9.97. The van der Waals surface area contributed by atoms with Gasteiger partial charge in [-0.2, -0.15) is 0 Å². The van der Waals surface area contributed by atoms with Gasteiger partial charge in [-0.15, -0.1) is 0 Å². The minimum Gasteiger partial charge on any atom is -0.497 e. The quantitative estimate of drug-likeness (QED) is 0.294.